The van der Waals surface area contributed by atoms with Gasteiger partial charge in [-0.3, -0.25) is 9.78 Å². The van der Waals surface area contributed by atoms with Gasteiger partial charge < -0.3 is 10.4 Å². The quantitative estimate of drug-likeness (QED) is 0.839. The molecule has 1 fully saturated rings. The Hall–Kier alpha value is -1.58. The molecular formula is C13H18N2O2. The van der Waals surface area contributed by atoms with Gasteiger partial charge in [-0.2, -0.15) is 0 Å². The molecule has 2 N–H and O–H groups in total. The number of aliphatic carboxylic acids is 1. The highest BCUT2D eigenvalue weighted by Gasteiger charge is 2.30. The molecule has 0 aliphatic heterocycles. The van der Waals surface area contributed by atoms with Crippen LogP contribution in [0.4, 0.5) is 5.69 Å². The molecule has 17 heavy (non-hydrogen) atoms. The molecule has 1 aliphatic carbocycles. The molecule has 2 atom stereocenters. The lowest BCUT2D eigenvalue weighted by molar-refractivity contribution is -0.144. The van der Waals surface area contributed by atoms with Crippen molar-refractivity contribution in [3.05, 3.63) is 24.5 Å². The molecule has 1 saturated carbocycles. The standard InChI is InChI=1S/C13H18N2O2/c16-13(17)12-4-2-1-3-10(12)9-15-11-5-7-14-8-6-11/h5-8,10,12H,1-4,9H2,(H,14,15)(H,16,17). The van der Waals surface area contributed by atoms with Crippen LogP contribution in [0.3, 0.4) is 0 Å². The number of carboxylic acids is 1. The second-order valence-electron chi connectivity index (χ2n) is 4.61. The van der Waals surface area contributed by atoms with Gasteiger partial charge in [0, 0.05) is 24.6 Å². The van der Waals surface area contributed by atoms with Crippen LogP contribution in [0.25, 0.3) is 0 Å². The molecule has 0 radical (unpaired) electrons. The first-order valence-electron chi connectivity index (χ1n) is 6.14. The number of anilines is 1. The zero-order valence-corrected chi connectivity index (χ0v) is 9.80. The van der Waals surface area contributed by atoms with Crippen LogP contribution in [0, 0.1) is 11.8 Å². The molecule has 0 spiro atoms. The van der Waals surface area contributed by atoms with E-state index in [1.165, 1.54) is 0 Å². The predicted molar refractivity (Wildman–Crippen MR) is 65.8 cm³/mol. The Morgan fingerprint density at radius 2 is 2.06 bits per heavy atom. The third-order valence-electron chi connectivity index (χ3n) is 3.47. The Balaban J connectivity index is 1.90. The third kappa shape index (κ3) is 3.19. The first-order valence-corrected chi connectivity index (χ1v) is 6.14. The Morgan fingerprint density at radius 3 is 2.76 bits per heavy atom. The largest absolute Gasteiger partial charge is 0.481 e. The topological polar surface area (TPSA) is 62.2 Å². The summed E-state index contributed by atoms with van der Waals surface area (Å²) < 4.78 is 0. The van der Waals surface area contributed by atoms with Gasteiger partial charge in [-0.25, -0.2) is 0 Å². The average Bonchev–Trinajstić information content (AvgIpc) is 2.38. The van der Waals surface area contributed by atoms with Crippen molar-refractivity contribution in [3.8, 4) is 0 Å². The molecule has 0 aromatic carbocycles. The van der Waals surface area contributed by atoms with Crippen LogP contribution < -0.4 is 5.32 Å². The number of nitrogens with one attached hydrogen (secondary N) is 1. The maximum Gasteiger partial charge on any atom is 0.306 e. The van der Waals surface area contributed by atoms with Crippen molar-refractivity contribution < 1.29 is 9.90 Å². The second-order valence-corrected chi connectivity index (χ2v) is 4.61. The van der Waals surface area contributed by atoms with Crippen molar-refractivity contribution in [3.63, 3.8) is 0 Å². The van der Waals surface area contributed by atoms with Crippen LogP contribution in [-0.2, 0) is 4.79 Å². The summed E-state index contributed by atoms with van der Waals surface area (Å²) >= 11 is 0. The minimum absolute atomic E-state index is 0.182. The number of carbonyl (C=O) groups is 1. The summed E-state index contributed by atoms with van der Waals surface area (Å²) in [5, 5.41) is 12.5. The summed E-state index contributed by atoms with van der Waals surface area (Å²) in [6.07, 6.45) is 7.48. The van der Waals surface area contributed by atoms with E-state index in [1.807, 2.05) is 12.1 Å². The molecule has 92 valence electrons. The number of pyridine rings is 1. The maximum atomic E-state index is 11.1. The zero-order chi connectivity index (χ0) is 12.1. The number of rotatable bonds is 4. The van der Waals surface area contributed by atoms with Gasteiger partial charge in [0.15, 0.2) is 0 Å². The minimum Gasteiger partial charge on any atom is -0.481 e. The van der Waals surface area contributed by atoms with E-state index in [9.17, 15) is 4.79 Å². The predicted octanol–water partition coefficient (Wildman–Crippen LogP) is 2.38. The molecule has 1 aliphatic rings. The first-order chi connectivity index (χ1) is 8.27. The summed E-state index contributed by atoms with van der Waals surface area (Å²) in [6.45, 7) is 0.737. The molecule has 1 aromatic rings. The number of nitrogens with zero attached hydrogens (tertiary/aromatic N) is 1. The Labute approximate surface area is 101 Å². The van der Waals surface area contributed by atoms with E-state index in [4.69, 9.17) is 5.11 Å². The summed E-state index contributed by atoms with van der Waals surface area (Å²) in [4.78, 5) is 15.1. The Morgan fingerprint density at radius 1 is 1.35 bits per heavy atom. The number of hydrogen-bond donors (Lipinski definition) is 2. The lowest BCUT2D eigenvalue weighted by Gasteiger charge is -2.28. The van der Waals surface area contributed by atoms with Crippen molar-refractivity contribution in [2.45, 2.75) is 25.7 Å². The lowest BCUT2D eigenvalue weighted by atomic mass is 9.79. The van der Waals surface area contributed by atoms with Crippen LogP contribution >= 0.6 is 0 Å². The Kier molecular flexibility index (Phi) is 3.96. The fraction of sp³-hybridized carbons (Fsp3) is 0.538. The number of carboxylic acid groups (broad SMARTS) is 1. The smallest absolute Gasteiger partial charge is 0.306 e. The number of hydrogen-bond acceptors (Lipinski definition) is 3. The lowest BCUT2D eigenvalue weighted by Crippen LogP contribution is -2.31. The molecule has 2 unspecified atom stereocenters. The highest BCUT2D eigenvalue weighted by atomic mass is 16.4. The fourth-order valence-electron chi connectivity index (χ4n) is 2.50. The molecule has 4 heteroatoms. The van der Waals surface area contributed by atoms with Crippen LogP contribution in [0.1, 0.15) is 25.7 Å². The monoisotopic (exact) mass is 234 g/mol. The van der Waals surface area contributed by atoms with E-state index in [0.717, 1.165) is 37.9 Å². The summed E-state index contributed by atoms with van der Waals surface area (Å²) in [6, 6.07) is 3.80. The first kappa shape index (κ1) is 11.9. The average molecular weight is 234 g/mol. The van der Waals surface area contributed by atoms with Crippen molar-refractivity contribution >= 4 is 11.7 Å². The Bertz CT molecular complexity index is 367. The van der Waals surface area contributed by atoms with E-state index in [-0.39, 0.29) is 11.8 Å². The van der Waals surface area contributed by atoms with Gasteiger partial charge >= 0.3 is 5.97 Å². The minimum atomic E-state index is -0.647. The summed E-state index contributed by atoms with van der Waals surface area (Å²) in [5.74, 6) is -0.585. The van der Waals surface area contributed by atoms with Gasteiger partial charge in [-0.15, -0.1) is 0 Å². The molecule has 0 saturated heterocycles. The highest BCUT2D eigenvalue weighted by Crippen LogP contribution is 2.30. The van der Waals surface area contributed by atoms with Crippen LogP contribution in [0.5, 0.6) is 0 Å². The summed E-state index contributed by atoms with van der Waals surface area (Å²) in [5.41, 5.74) is 1.01. The van der Waals surface area contributed by atoms with Crippen LogP contribution in [-0.4, -0.2) is 22.6 Å². The SMILES string of the molecule is O=C(O)C1CCCCC1CNc1ccncc1. The molecule has 1 heterocycles. The molecule has 4 nitrogen and oxygen atoms in total. The molecule has 1 aromatic heterocycles. The van der Waals surface area contributed by atoms with Crippen molar-refractivity contribution in [2.75, 3.05) is 11.9 Å². The molecular weight excluding hydrogens is 216 g/mol. The highest BCUT2D eigenvalue weighted by molar-refractivity contribution is 5.70. The van der Waals surface area contributed by atoms with Gasteiger partial charge in [0.1, 0.15) is 0 Å². The zero-order valence-electron chi connectivity index (χ0n) is 9.80. The molecule has 0 bridgehead atoms. The normalized spacial score (nSPS) is 24.2. The van der Waals surface area contributed by atoms with E-state index < -0.39 is 5.97 Å². The van der Waals surface area contributed by atoms with E-state index >= 15 is 0 Å². The second kappa shape index (κ2) is 5.66. The van der Waals surface area contributed by atoms with Crippen LogP contribution in [0.2, 0.25) is 0 Å². The van der Waals surface area contributed by atoms with Crippen LogP contribution in [0.15, 0.2) is 24.5 Å². The molecule has 0 amide bonds. The fourth-order valence-corrected chi connectivity index (χ4v) is 2.50. The van der Waals surface area contributed by atoms with Gasteiger partial charge in [0.05, 0.1) is 5.92 Å². The molecule has 2 rings (SSSR count). The van der Waals surface area contributed by atoms with Crippen molar-refractivity contribution in [1.29, 1.82) is 0 Å². The van der Waals surface area contributed by atoms with Crippen molar-refractivity contribution in [2.24, 2.45) is 11.8 Å². The maximum absolute atomic E-state index is 11.1. The van der Waals surface area contributed by atoms with Gasteiger partial charge in [-0.05, 0) is 30.9 Å². The van der Waals surface area contributed by atoms with E-state index in [1.54, 1.807) is 12.4 Å². The van der Waals surface area contributed by atoms with Gasteiger partial charge in [0.2, 0.25) is 0 Å². The number of aromatic nitrogens is 1. The van der Waals surface area contributed by atoms with E-state index in [2.05, 4.69) is 10.3 Å². The summed E-state index contributed by atoms with van der Waals surface area (Å²) in [7, 11) is 0. The van der Waals surface area contributed by atoms with E-state index in [0.29, 0.717) is 0 Å². The third-order valence-corrected chi connectivity index (χ3v) is 3.47. The van der Waals surface area contributed by atoms with Crippen molar-refractivity contribution in [1.82, 2.24) is 4.98 Å². The van der Waals surface area contributed by atoms with Gasteiger partial charge in [0.25, 0.3) is 0 Å². The van der Waals surface area contributed by atoms with Gasteiger partial charge in [-0.1, -0.05) is 12.8 Å².